The summed E-state index contributed by atoms with van der Waals surface area (Å²) < 4.78 is 6.30. The number of rotatable bonds is 8. The van der Waals surface area contributed by atoms with Crippen LogP contribution in [0.3, 0.4) is 0 Å². The van der Waals surface area contributed by atoms with Crippen LogP contribution in [0.5, 0.6) is 11.6 Å². The van der Waals surface area contributed by atoms with Gasteiger partial charge in [-0.1, -0.05) is 18.2 Å². The van der Waals surface area contributed by atoms with Gasteiger partial charge in [-0.3, -0.25) is 4.79 Å². The van der Waals surface area contributed by atoms with Crippen molar-refractivity contribution < 1.29 is 19.1 Å². The van der Waals surface area contributed by atoms with Crippen molar-refractivity contribution in [3.8, 4) is 11.6 Å². The molecular weight excluding hydrogens is 308 g/mol. The number of aliphatic carboxylic acids is 1. The summed E-state index contributed by atoms with van der Waals surface area (Å²) in [6, 6.07) is 10.7. The number of para-hydroxylation sites is 1. The average Bonchev–Trinajstić information content (AvgIpc) is 2.46. The van der Waals surface area contributed by atoms with Crippen molar-refractivity contribution in [2.24, 2.45) is 0 Å². The summed E-state index contributed by atoms with van der Waals surface area (Å²) >= 11 is 0. The highest BCUT2D eigenvalue weighted by atomic mass is 16.5. The molecule has 1 heterocycles. The lowest BCUT2D eigenvalue weighted by Crippen LogP contribution is -2.45. The topological polar surface area (TPSA) is 84.3 Å². The summed E-state index contributed by atoms with van der Waals surface area (Å²) in [4.78, 5) is 19.5. The number of likely N-dealkylation sites (N-methyl/N-ethyl adjacent to an activating group) is 1. The number of carbonyl (C=O) groups is 1. The van der Waals surface area contributed by atoms with Crippen LogP contribution in [0.15, 0.2) is 42.6 Å². The molecule has 0 radical (unpaired) electrons. The quantitative estimate of drug-likeness (QED) is 0.722. The van der Waals surface area contributed by atoms with E-state index >= 15 is 0 Å². The van der Waals surface area contributed by atoms with Crippen LogP contribution in [0.1, 0.15) is 6.42 Å². The fraction of sp³-hybridized carbons (Fsp3) is 0.353. The molecule has 7 nitrogen and oxygen atoms in total. The molecule has 24 heavy (non-hydrogen) atoms. The summed E-state index contributed by atoms with van der Waals surface area (Å²) in [7, 11) is 6.02. The molecule has 0 saturated carbocycles. The Morgan fingerprint density at radius 1 is 1.25 bits per heavy atom. The number of anilines is 1. The summed E-state index contributed by atoms with van der Waals surface area (Å²) in [6.07, 6.45) is 1.57. The van der Waals surface area contributed by atoms with E-state index in [2.05, 4.69) is 15.3 Å². The maximum absolute atomic E-state index is 11.1. The number of aromatic nitrogens is 2. The Labute approximate surface area is 141 Å². The van der Waals surface area contributed by atoms with Gasteiger partial charge in [0.1, 0.15) is 5.75 Å². The molecule has 7 heteroatoms. The van der Waals surface area contributed by atoms with Crippen molar-refractivity contribution >= 4 is 11.9 Å². The van der Waals surface area contributed by atoms with Crippen LogP contribution in [0.25, 0.3) is 0 Å². The SMILES string of the molecule is C[N+](C)(C)CC(CC(=O)O)Nc1nccc(Oc2ccccc2)n1. The number of carboxylic acid groups (broad SMARTS) is 1. The molecule has 0 amide bonds. The molecule has 1 aromatic carbocycles. The third-order valence-electron chi connectivity index (χ3n) is 3.12. The van der Waals surface area contributed by atoms with E-state index in [0.717, 1.165) is 0 Å². The highest BCUT2D eigenvalue weighted by molar-refractivity contribution is 5.68. The molecule has 1 unspecified atom stereocenters. The van der Waals surface area contributed by atoms with E-state index < -0.39 is 5.97 Å². The van der Waals surface area contributed by atoms with Crippen LogP contribution in [0.2, 0.25) is 0 Å². The second-order valence-electron chi connectivity index (χ2n) is 6.55. The third-order valence-corrected chi connectivity index (χ3v) is 3.12. The normalized spacial score (nSPS) is 12.5. The van der Waals surface area contributed by atoms with E-state index in [1.54, 1.807) is 12.3 Å². The lowest BCUT2D eigenvalue weighted by Gasteiger charge is -2.29. The number of nitrogens with zero attached hydrogens (tertiary/aromatic N) is 3. The zero-order chi connectivity index (χ0) is 17.6. The number of carboxylic acids is 1. The lowest BCUT2D eigenvalue weighted by atomic mass is 10.2. The van der Waals surface area contributed by atoms with Gasteiger partial charge < -0.3 is 19.6 Å². The van der Waals surface area contributed by atoms with E-state index in [4.69, 9.17) is 9.84 Å². The Bertz CT molecular complexity index is 671. The molecule has 2 N–H and O–H groups in total. The monoisotopic (exact) mass is 331 g/mol. The molecule has 0 aliphatic heterocycles. The minimum absolute atomic E-state index is 0.0113. The molecule has 2 aromatic rings. The highest BCUT2D eigenvalue weighted by Gasteiger charge is 2.22. The number of nitrogens with one attached hydrogen (secondary N) is 1. The van der Waals surface area contributed by atoms with Crippen LogP contribution >= 0.6 is 0 Å². The van der Waals surface area contributed by atoms with Gasteiger partial charge >= 0.3 is 5.97 Å². The number of benzene rings is 1. The van der Waals surface area contributed by atoms with Crippen LogP contribution in [-0.4, -0.2) is 59.3 Å². The van der Waals surface area contributed by atoms with Gasteiger partial charge in [-0.15, -0.1) is 0 Å². The van der Waals surface area contributed by atoms with E-state index in [0.29, 0.717) is 28.6 Å². The number of hydrogen-bond acceptors (Lipinski definition) is 5. The molecule has 2 rings (SSSR count). The standard InChI is InChI=1S/C17H22N4O3/c1-21(2,3)12-13(11-16(22)23)19-17-18-10-9-15(20-17)24-14-7-5-4-6-8-14/h4-10,13H,11-12H2,1-3H3,(H-,18,19,20,22,23)/p+1. The Balaban J connectivity index is 2.09. The Morgan fingerprint density at radius 2 is 1.96 bits per heavy atom. The molecule has 0 saturated heterocycles. The van der Waals surface area contributed by atoms with Crippen LogP contribution in [0.4, 0.5) is 5.95 Å². The van der Waals surface area contributed by atoms with Gasteiger partial charge in [-0.05, 0) is 12.1 Å². The van der Waals surface area contributed by atoms with E-state index in [-0.39, 0.29) is 12.5 Å². The zero-order valence-electron chi connectivity index (χ0n) is 14.1. The molecule has 0 spiro atoms. The molecule has 0 aliphatic rings. The molecule has 1 atom stereocenters. The van der Waals surface area contributed by atoms with Gasteiger partial charge in [0.25, 0.3) is 0 Å². The first-order chi connectivity index (χ1) is 11.3. The van der Waals surface area contributed by atoms with E-state index in [1.807, 2.05) is 51.5 Å². The van der Waals surface area contributed by atoms with Crippen molar-refractivity contribution in [1.82, 2.24) is 9.97 Å². The fourth-order valence-corrected chi connectivity index (χ4v) is 2.29. The van der Waals surface area contributed by atoms with Gasteiger partial charge in [-0.25, -0.2) is 4.98 Å². The van der Waals surface area contributed by atoms with Crippen LogP contribution in [0, 0.1) is 0 Å². The largest absolute Gasteiger partial charge is 0.481 e. The van der Waals surface area contributed by atoms with Gasteiger partial charge in [0, 0.05) is 12.3 Å². The summed E-state index contributed by atoms with van der Waals surface area (Å²) in [5.74, 6) is 0.564. The maximum Gasteiger partial charge on any atom is 0.305 e. The van der Waals surface area contributed by atoms with E-state index in [9.17, 15) is 4.79 Å². The summed E-state index contributed by atoms with van der Waals surface area (Å²) in [6.45, 7) is 0.624. The Hall–Kier alpha value is -2.67. The van der Waals surface area contributed by atoms with Crippen LogP contribution < -0.4 is 10.1 Å². The maximum atomic E-state index is 11.1. The Morgan fingerprint density at radius 3 is 2.58 bits per heavy atom. The molecular formula is C17H23N4O3+. The Kier molecular flexibility index (Phi) is 5.70. The van der Waals surface area contributed by atoms with Crippen LogP contribution in [-0.2, 0) is 4.79 Å². The number of hydrogen-bond donors (Lipinski definition) is 2. The van der Waals surface area contributed by atoms with Crippen molar-refractivity contribution in [3.63, 3.8) is 0 Å². The predicted octanol–water partition coefficient (Wildman–Crippen LogP) is 2.23. The fourth-order valence-electron chi connectivity index (χ4n) is 2.29. The van der Waals surface area contributed by atoms with Crippen molar-refractivity contribution in [1.29, 1.82) is 0 Å². The summed E-state index contributed by atoms with van der Waals surface area (Å²) in [5, 5.41) is 12.2. The predicted molar refractivity (Wildman–Crippen MR) is 91.1 cm³/mol. The number of ether oxygens (including phenoxy) is 1. The smallest absolute Gasteiger partial charge is 0.305 e. The number of quaternary nitrogens is 1. The highest BCUT2D eigenvalue weighted by Crippen LogP contribution is 2.19. The summed E-state index contributed by atoms with van der Waals surface area (Å²) in [5.41, 5.74) is 0. The zero-order valence-corrected chi connectivity index (χ0v) is 14.1. The van der Waals surface area contributed by atoms with Gasteiger partial charge in [-0.2, -0.15) is 4.98 Å². The average molecular weight is 331 g/mol. The second kappa shape index (κ2) is 7.74. The van der Waals surface area contributed by atoms with E-state index in [1.165, 1.54) is 0 Å². The molecule has 0 aliphatic carbocycles. The van der Waals surface area contributed by atoms with Gasteiger partial charge in [0.2, 0.25) is 11.8 Å². The third kappa shape index (κ3) is 6.21. The lowest BCUT2D eigenvalue weighted by molar-refractivity contribution is -0.870. The van der Waals surface area contributed by atoms with Crippen molar-refractivity contribution in [2.45, 2.75) is 12.5 Å². The van der Waals surface area contributed by atoms with Crippen molar-refractivity contribution in [2.75, 3.05) is 33.0 Å². The first kappa shape index (κ1) is 17.7. The van der Waals surface area contributed by atoms with Gasteiger partial charge in [0.05, 0.1) is 40.2 Å². The molecule has 0 fully saturated rings. The first-order valence-electron chi connectivity index (χ1n) is 7.66. The van der Waals surface area contributed by atoms with Crippen molar-refractivity contribution in [3.05, 3.63) is 42.6 Å². The van der Waals surface area contributed by atoms with Gasteiger partial charge in [0.15, 0.2) is 0 Å². The molecule has 128 valence electrons. The molecule has 0 bridgehead atoms. The minimum atomic E-state index is -0.863. The molecule has 1 aromatic heterocycles. The second-order valence-corrected chi connectivity index (χ2v) is 6.55. The first-order valence-corrected chi connectivity index (χ1v) is 7.66. The minimum Gasteiger partial charge on any atom is -0.481 e.